The Morgan fingerprint density at radius 3 is 2.19 bits per heavy atom. The normalized spacial score (nSPS) is 26.1. The number of nitrogens with zero attached hydrogens (tertiary/aromatic N) is 1. The highest BCUT2D eigenvalue weighted by molar-refractivity contribution is 4.83. The van der Waals surface area contributed by atoms with Crippen LogP contribution in [-0.2, 0) is 4.74 Å². The minimum absolute atomic E-state index is 0.704. The first-order valence-electron chi connectivity index (χ1n) is 6.66. The van der Waals surface area contributed by atoms with Gasteiger partial charge in [0.25, 0.3) is 0 Å². The fraction of sp³-hybridized carbons (Fsp3) is 0.846. The molecule has 3 saturated heterocycles. The van der Waals surface area contributed by atoms with Gasteiger partial charge in [0.1, 0.15) is 6.61 Å². The number of rotatable bonds is 0. The standard InChI is InChI=1S/C9H17N.C4H7NO/c1-3-7-10-8-4-2-6-9(10)5-1;1-4-5-2-3-6-4/h9H,1-8H2;5H,1-3H2. The summed E-state index contributed by atoms with van der Waals surface area (Å²) in [5.41, 5.74) is 0. The van der Waals surface area contributed by atoms with E-state index in [0.717, 1.165) is 19.2 Å². The maximum absolute atomic E-state index is 4.85. The van der Waals surface area contributed by atoms with Crippen LogP contribution < -0.4 is 5.32 Å². The SMILES string of the molecule is C1CCN2CCCCC2C1.C=C1NCCO1. The lowest BCUT2D eigenvalue weighted by Gasteiger charge is -2.39. The average molecular weight is 224 g/mol. The molecule has 3 aliphatic heterocycles. The molecule has 0 aromatic rings. The number of hydrogen-bond donors (Lipinski definition) is 1. The van der Waals surface area contributed by atoms with E-state index in [0.29, 0.717) is 5.88 Å². The van der Waals surface area contributed by atoms with E-state index in [1.54, 1.807) is 0 Å². The summed E-state index contributed by atoms with van der Waals surface area (Å²) in [4.78, 5) is 2.70. The van der Waals surface area contributed by atoms with Crippen LogP contribution in [0.1, 0.15) is 38.5 Å². The Bertz CT molecular complexity index is 196. The number of ether oxygens (including phenoxy) is 1. The molecule has 0 radical (unpaired) electrons. The van der Waals surface area contributed by atoms with Crippen molar-refractivity contribution in [3.63, 3.8) is 0 Å². The molecule has 3 rings (SSSR count). The summed E-state index contributed by atoms with van der Waals surface area (Å²) in [7, 11) is 0. The van der Waals surface area contributed by atoms with Crippen molar-refractivity contribution in [2.45, 2.75) is 44.6 Å². The van der Waals surface area contributed by atoms with E-state index in [4.69, 9.17) is 4.74 Å². The Kier molecular flexibility index (Phi) is 4.52. The molecule has 0 aliphatic carbocycles. The third kappa shape index (κ3) is 3.41. The molecular weight excluding hydrogens is 200 g/mol. The van der Waals surface area contributed by atoms with Gasteiger partial charge in [-0.1, -0.05) is 12.8 Å². The molecule has 92 valence electrons. The predicted molar refractivity (Wildman–Crippen MR) is 66.2 cm³/mol. The predicted octanol–water partition coefficient (Wildman–Crippen LogP) is 2.10. The summed E-state index contributed by atoms with van der Waals surface area (Å²) in [6.07, 6.45) is 8.86. The summed E-state index contributed by atoms with van der Waals surface area (Å²) < 4.78 is 4.85. The lowest BCUT2D eigenvalue weighted by atomic mass is 9.93. The van der Waals surface area contributed by atoms with Crippen molar-refractivity contribution in [1.29, 1.82) is 0 Å². The second kappa shape index (κ2) is 6.14. The molecule has 0 spiro atoms. The Morgan fingerprint density at radius 1 is 1.12 bits per heavy atom. The highest BCUT2D eigenvalue weighted by Gasteiger charge is 2.24. The molecule has 0 atom stereocenters. The maximum Gasteiger partial charge on any atom is 0.179 e. The minimum Gasteiger partial charge on any atom is -0.478 e. The molecule has 0 unspecified atom stereocenters. The second-order valence-electron chi connectivity index (χ2n) is 4.88. The molecule has 3 fully saturated rings. The monoisotopic (exact) mass is 224 g/mol. The van der Waals surface area contributed by atoms with Gasteiger partial charge in [-0.2, -0.15) is 0 Å². The molecule has 3 aliphatic rings. The Morgan fingerprint density at radius 2 is 1.81 bits per heavy atom. The van der Waals surface area contributed by atoms with Crippen molar-refractivity contribution >= 4 is 0 Å². The number of hydrogen-bond acceptors (Lipinski definition) is 3. The Hall–Kier alpha value is -0.700. The van der Waals surface area contributed by atoms with Crippen molar-refractivity contribution in [2.75, 3.05) is 26.2 Å². The molecule has 3 heteroatoms. The van der Waals surface area contributed by atoms with Gasteiger partial charge in [0.05, 0.1) is 6.54 Å². The van der Waals surface area contributed by atoms with Gasteiger partial charge < -0.3 is 15.0 Å². The van der Waals surface area contributed by atoms with Gasteiger partial charge in [0.2, 0.25) is 0 Å². The number of fused-ring (bicyclic) bond motifs is 1. The summed E-state index contributed by atoms with van der Waals surface area (Å²) in [5, 5.41) is 2.90. The molecular formula is C13H24N2O. The zero-order valence-corrected chi connectivity index (χ0v) is 10.2. The lowest BCUT2D eigenvalue weighted by Crippen LogP contribution is -2.42. The molecule has 0 saturated carbocycles. The van der Waals surface area contributed by atoms with E-state index >= 15 is 0 Å². The van der Waals surface area contributed by atoms with Gasteiger partial charge >= 0.3 is 0 Å². The Balaban J connectivity index is 0.000000138. The first kappa shape index (κ1) is 11.8. The molecule has 0 bridgehead atoms. The largest absolute Gasteiger partial charge is 0.478 e. The van der Waals surface area contributed by atoms with E-state index in [1.165, 1.54) is 51.6 Å². The second-order valence-corrected chi connectivity index (χ2v) is 4.88. The Labute approximate surface area is 98.8 Å². The third-order valence-corrected chi connectivity index (χ3v) is 3.68. The average Bonchev–Trinajstić information content (AvgIpc) is 2.81. The van der Waals surface area contributed by atoms with Crippen molar-refractivity contribution in [2.24, 2.45) is 0 Å². The van der Waals surface area contributed by atoms with E-state index in [9.17, 15) is 0 Å². The fourth-order valence-electron chi connectivity index (χ4n) is 2.79. The van der Waals surface area contributed by atoms with E-state index in [-0.39, 0.29) is 0 Å². The van der Waals surface area contributed by atoms with Gasteiger partial charge in [0.15, 0.2) is 5.88 Å². The van der Waals surface area contributed by atoms with Gasteiger partial charge in [-0.3, -0.25) is 0 Å². The van der Waals surface area contributed by atoms with Gasteiger partial charge in [-0.15, -0.1) is 0 Å². The molecule has 0 amide bonds. The third-order valence-electron chi connectivity index (χ3n) is 3.68. The topological polar surface area (TPSA) is 24.5 Å². The van der Waals surface area contributed by atoms with Crippen molar-refractivity contribution in [3.8, 4) is 0 Å². The summed E-state index contributed by atoms with van der Waals surface area (Å²) in [6, 6.07) is 0.988. The van der Waals surface area contributed by atoms with Crippen LogP contribution in [0.4, 0.5) is 0 Å². The summed E-state index contributed by atoms with van der Waals surface area (Å²) >= 11 is 0. The van der Waals surface area contributed by atoms with Crippen LogP contribution in [0.25, 0.3) is 0 Å². The zero-order chi connectivity index (χ0) is 11.2. The highest BCUT2D eigenvalue weighted by Crippen LogP contribution is 2.25. The lowest BCUT2D eigenvalue weighted by molar-refractivity contribution is 0.109. The molecule has 3 heterocycles. The van der Waals surface area contributed by atoms with Crippen LogP contribution >= 0.6 is 0 Å². The van der Waals surface area contributed by atoms with Crippen molar-refractivity contribution in [1.82, 2.24) is 10.2 Å². The van der Waals surface area contributed by atoms with Crippen molar-refractivity contribution < 1.29 is 4.74 Å². The number of nitrogens with one attached hydrogen (secondary N) is 1. The quantitative estimate of drug-likeness (QED) is 0.682. The molecule has 16 heavy (non-hydrogen) atoms. The van der Waals surface area contributed by atoms with E-state index in [2.05, 4.69) is 16.8 Å². The molecule has 0 aromatic carbocycles. The molecule has 0 aromatic heterocycles. The highest BCUT2D eigenvalue weighted by atomic mass is 16.5. The fourth-order valence-corrected chi connectivity index (χ4v) is 2.79. The molecule has 3 nitrogen and oxygen atoms in total. The van der Waals surface area contributed by atoms with Gasteiger partial charge in [-0.25, -0.2) is 0 Å². The van der Waals surface area contributed by atoms with Crippen LogP contribution in [0.5, 0.6) is 0 Å². The van der Waals surface area contributed by atoms with Crippen LogP contribution in [-0.4, -0.2) is 37.2 Å². The van der Waals surface area contributed by atoms with E-state index < -0.39 is 0 Å². The van der Waals surface area contributed by atoms with E-state index in [1.807, 2.05) is 0 Å². The number of piperidine rings is 2. The first-order valence-corrected chi connectivity index (χ1v) is 6.66. The van der Waals surface area contributed by atoms with Crippen LogP contribution in [0.2, 0.25) is 0 Å². The summed E-state index contributed by atoms with van der Waals surface area (Å²) in [6.45, 7) is 8.00. The molecule has 1 N–H and O–H groups in total. The zero-order valence-electron chi connectivity index (χ0n) is 10.2. The smallest absolute Gasteiger partial charge is 0.179 e. The van der Waals surface area contributed by atoms with Gasteiger partial charge in [0, 0.05) is 6.04 Å². The van der Waals surface area contributed by atoms with Crippen LogP contribution in [0.3, 0.4) is 0 Å². The van der Waals surface area contributed by atoms with Gasteiger partial charge in [-0.05, 0) is 45.4 Å². The van der Waals surface area contributed by atoms with Crippen molar-refractivity contribution in [3.05, 3.63) is 12.5 Å². The first-order chi connectivity index (χ1) is 7.86. The maximum atomic E-state index is 4.85. The van der Waals surface area contributed by atoms with Crippen LogP contribution in [0, 0.1) is 0 Å². The summed E-state index contributed by atoms with van der Waals surface area (Å²) in [5.74, 6) is 0.704. The van der Waals surface area contributed by atoms with Crippen LogP contribution in [0.15, 0.2) is 12.5 Å². The minimum atomic E-state index is 0.704.